The van der Waals surface area contributed by atoms with Crippen LogP contribution in [-0.4, -0.2) is 60.1 Å². The van der Waals surface area contributed by atoms with Gasteiger partial charge in [-0.25, -0.2) is 0 Å². The van der Waals surface area contributed by atoms with E-state index in [0.717, 1.165) is 44.8 Å². The van der Waals surface area contributed by atoms with Crippen molar-refractivity contribution < 1.29 is 13.9 Å². The Morgan fingerprint density at radius 3 is 2.77 bits per heavy atom. The van der Waals surface area contributed by atoms with E-state index in [-0.39, 0.29) is 5.91 Å². The molecule has 1 aliphatic heterocycles. The first-order valence-corrected chi connectivity index (χ1v) is 9.01. The summed E-state index contributed by atoms with van der Waals surface area (Å²) in [6, 6.07) is 7.52. The van der Waals surface area contributed by atoms with Gasteiger partial charge in [0.15, 0.2) is 0 Å². The molecule has 0 spiro atoms. The predicted molar refractivity (Wildman–Crippen MR) is 99.3 cm³/mol. The fourth-order valence-corrected chi connectivity index (χ4v) is 2.93. The summed E-state index contributed by atoms with van der Waals surface area (Å²) in [7, 11) is 0. The highest BCUT2D eigenvalue weighted by atomic mass is 16.5. The van der Waals surface area contributed by atoms with Gasteiger partial charge in [-0.1, -0.05) is 0 Å². The molecule has 1 amide bonds. The van der Waals surface area contributed by atoms with Crippen LogP contribution in [-0.2, 0) is 16.1 Å². The van der Waals surface area contributed by atoms with E-state index in [1.54, 1.807) is 36.9 Å². The molecule has 0 unspecified atom stereocenters. The molecule has 1 aliphatic rings. The van der Waals surface area contributed by atoms with Gasteiger partial charge < -0.3 is 14.1 Å². The quantitative estimate of drug-likeness (QED) is 0.681. The summed E-state index contributed by atoms with van der Waals surface area (Å²) in [4.78, 5) is 21.0. The zero-order chi connectivity index (χ0) is 18.0. The highest BCUT2D eigenvalue weighted by Crippen LogP contribution is 2.09. The van der Waals surface area contributed by atoms with Crippen molar-refractivity contribution in [2.45, 2.75) is 13.0 Å². The van der Waals surface area contributed by atoms with Gasteiger partial charge in [0, 0.05) is 51.2 Å². The van der Waals surface area contributed by atoms with Gasteiger partial charge in [-0.15, -0.1) is 0 Å². The van der Waals surface area contributed by atoms with Crippen LogP contribution in [0.4, 0.5) is 0 Å². The zero-order valence-corrected chi connectivity index (χ0v) is 14.9. The summed E-state index contributed by atoms with van der Waals surface area (Å²) in [5, 5.41) is 0. The minimum Gasteiger partial charge on any atom is -0.465 e. The van der Waals surface area contributed by atoms with Gasteiger partial charge in [-0.3, -0.25) is 14.7 Å². The second-order valence-electron chi connectivity index (χ2n) is 6.27. The first-order chi connectivity index (χ1) is 12.8. The summed E-state index contributed by atoms with van der Waals surface area (Å²) in [6.45, 7) is 5.80. The van der Waals surface area contributed by atoms with Crippen LogP contribution in [0.5, 0.6) is 0 Å². The van der Waals surface area contributed by atoms with E-state index in [1.165, 1.54) is 0 Å². The molecular formula is C20H25N3O3. The molecule has 26 heavy (non-hydrogen) atoms. The van der Waals surface area contributed by atoms with E-state index in [1.807, 2.05) is 23.1 Å². The lowest BCUT2D eigenvalue weighted by molar-refractivity contribution is -0.126. The van der Waals surface area contributed by atoms with Crippen LogP contribution in [0.2, 0.25) is 0 Å². The molecule has 1 saturated heterocycles. The number of carbonyl (C=O) groups is 1. The Hall–Kier alpha value is -2.44. The van der Waals surface area contributed by atoms with E-state index in [0.29, 0.717) is 18.8 Å². The van der Waals surface area contributed by atoms with Crippen LogP contribution in [0.1, 0.15) is 17.7 Å². The van der Waals surface area contributed by atoms with Crippen molar-refractivity contribution in [3.8, 4) is 0 Å². The van der Waals surface area contributed by atoms with Crippen molar-refractivity contribution in [1.82, 2.24) is 14.8 Å². The number of ether oxygens (including phenoxy) is 1. The smallest absolute Gasteiger partial charge is 0.246 e. The van der Waals surface area contributed by atoms with Crippen molar-refractivity contribution in [3.05, 3.63) is 60.3 Å². The van der Waals surface area contributed by atoms with Gasteiger partial charge in [0.25, 0.3) is 0 Å². The van der Waals surface area contributed by atoms with E-state index in [4.69, 9.17) is 9.15 Å². The lowest BCUT2D eigenvalue weighted by Gasteiger charge is -2.28. The molecule has 0 radical (unpaired) electrons. The van der Waals surface area contributed by atoms with Crippen molar-refractivity contribution in [2.24, 2.45) is 0 Å². The maximum absolute atomic E-state index is 12.7. The van der Waals surface area contributed by atoms with Gasteiger partial charge >= 0.3 is 0 Å². The summed E-state index contributed by atoms with van der Waals surface area (Å²) in [5.41, 5.74) is 1.08. The largest absolute Gasteiger partial charge is 0.465 e. The van der Waals surface area contributed by atoms with Crippen LogP contribution in [0, 0.1) is 0 Å². The Bertz CT molecular complexity index is 680. The minimum atomic E-state index is -0.0137. The number of carbonyl (C=O) groups excluding carboxylic acids is 1. The Balaban J connectivity index is 1.57. The summed E-state index contributed by atoms with van der Waals surface area (Å²) < 4.78 is 10.6. The van der Waals surface area contributed by atoms with Crippen molar-refractivity contribution in [2.75, 3.05) is 39.4 Å². The SMILES string of the molecule is O=C(/C=C\c1ccco1)N(CCCN1CCOCC1)Cc1ccncc1. The second-order valence-corrected chi connectivity index (χ2v) is 6.27. The number of hydrogen-bond donors (Lipinski definition) is 0. The van der Waals surface area contributed by atoms with Gasteiger partial charge in [0.1, 0.15) is 5.76 Å². The van der Waals surface area contributed by atoms with Gasteiger partial charge in [-0.05, 0) is 42.3 Å². The average molecular weight is 355 g/mol. The molecule has 2 aromatic heterocycles. The fourth-order valence-electron chi connectivity index (χ4n) is 2.93. The molecule has 6 heteroatoms. The van der Waals surface area contributed by atoms with Crippen LogP contribution in [0.15, 0.2) is 53.4 Å². The third kappa shape index (κ3) is 5.82. The number of hydrogen-bond acceptors (Lipinski definition) is 5. The number of amides is 1. The molecule has 1 fully saturated rings. The highest BCUT2D eigenvalue weighted by molar-refractivity contribution is 5.91. The molecule has 0 aromatic carbocycles. The fraction of sp³-hybridized carbons (Fsp3) is 0.400. The molecule has 0 aliphatic carbocycles. The molecule has 3 rings (SSSR count). The summed E-state index contributed by atoms with van der Waals surface area (Å²) in [5.74, 6) is 0.663. The number of furan rings is 1. The van der Waals surface area contributed by atoms with Crippen LogP contribution < -0.4 is 0 Å². The Kier molecular flexibility index (Phi) is 6.98. The molecule has 3 heterocycles. The van der Waals surface area contributed by atoms with E-state index < -0.39 is 0 Å². The van der Waals surface area contributed by atoms with E-state index >= 15 is 0 Å². The molecule has 2 aromatic rings. The van der Waals surface area contributed by atoms with Crippen LogP contribution >= 0.6 is 0 Å². The second kappa shape index (κ2) is 9.89. The molecule has 6 nitrogen and oxygen atoms in total. The van der Waals surface area contributed by atoms with Crippen molar-refractivity contribution >= 4 is 12.0 Å². The van der Waals surface area contributed by atoms with Crippen LogP contribution in [0.25, 0.3) is 6.08 Å². The molecule has 0 saturated carbocycles. The topological polar surface area (TPSA) is 58.8 Å². The van der Waals surface area contributed by atoms with Crippen molar-refractivity contribution in [1.29, 1.82) is 0 Å². The Morgan fingerprint density at radius 1 is 1.23 bits per heavy atom. The third-order valence-electron chi connectivity index (χ3n) is 4.37. The summed E-state index contributed by atoms with van der Waals surface area (Å²) in [6.07, 6.45) is 9.33. The first kappa shape index (κ1) is 18.4. The number of nitrogens with zero attached hydrogens (tertiary/aromatic N) is 3. The predicted octanol–water partition coefficient (Wildman–Crippen LogP) is 2.44. The molecule has 0 atom stereocenters. The van der Waals surface area contributed by atoms with Gasteiger partial charge in [-0.2, -0.15) is 0 Å². The maximum atomic E-state index is 12.7. The average Bonchev–Trinajstić information content (AvgIpc) is 3.21. The number of morpholine rings is 1. The molecule has 0 bridgehead atoms. The lowest BCUT2D eigenvalue weighted by atomic mass is 10.2. The lowest BCUT2D eigenvalue weighted by Crippen LogP contribution is -2.38. The first-order valence-electron chi connectivity index (χ1n) is 9.01. The van der Waals surface area contributed by atoms with Crippen LogP contribution in [0.3, 0.4) is 0 Å². The Morgan fingerprint density at radius 2 is 2.04 bits per heavy atom. The summed E-state index contributed by atoms with van der Waals surface area (Å²) >= 11 is 0. The van der Waals surface area contributed by atoms with Gasteiger partial charge in [0.2, 0.25) is 5.91 Å². The number of aromatic nitrogens is 1. The zero-order valence-electron chi connectivity index (χ0n) is 14.9. The number of pyridine rings is 1. The van der Waals surface area contributed by atoms with Crippen molar-refractivity contribution in [3.63, 3.8) is 0 Å². The maximum Gasteiger partial charge on any atom is 0.246 e. The third-order valence-corrected chi connectivity index (χ3v) is 4.37. The monoisotopic (exact) mass is 355 g/mol. The standard InChI is InChI=1S/C20H25N3O3/c24-20(5-4-19-3-1-14-26-19)23(17-18-6-8-21-9-7-18)11-2-10-22-12-15-25-16-13-22/h1,3-9,14H,2,10-13,15-17H2/b5-4-. The van der Waals surface area contributed by atoms with E-state index in [9.17, 15) is 4.79 Å². The normalized spacial score (nSPS) is 15.4. The minimum absolute atomic E-state index is 0.0137. The highest BCUT2D eigenvalue weighted by Gasteiger charge is 2.14. The molecule has 138 valence electrons. The molecular weight excluding hydrogens is 330 g/mol. The van der Waals surface area contributed by atoms with E-state index in [2.05, 4.69) is 9.88 Å². The van der Waals surface area contributed by atoms with Gasteiger partial charge in [0.05, 0.1) is 19.5 Å². The number of rotatable bonds is 8. The molecule has 0 N–H and O–H groups in total. The Labute approximate surface area is 154 Å².